The molecule has 4 heteroatoms. The van der Waals surface area contributed by atoms with Gasteiger partial charge < -0.3 is 15.4 Å². The molecule has 1 aromatic heterocycles. The zero-order valence-electron chi connectivity index (χ0n) is 11.9. The van der Waals surface area contributed by atoms with Gasteiger partial charge in [-0.05, 0) is 42.7 Å². The first-order valence-corrected chi connectivity index (χ1v) is 7.75. The minimum Gasteiger partial charge on any atom is -0.481 e. The Hall–Kier alpha value is -1.81. The number of hydrogen-bond acceptors (Lipinski definition) is 2. The first-order valence-electron chi connectivity index (χ1n) is 7.75. The van der Waals surface area contributed by atoms with Gasteiger partial charge >= 0.3 is 5.97 Å². The van der Waals surface area contributed by atoms with Gasteiger partial charge in [0.05, 0.1) is 5.92 Å². The zero-order chi connectivity index (χ0) is 14.4. The molecule has 2 aliphatic carbocycles. The Labute approximate surface area is 123 Å². The summed E-state index contributed by atoms with van der Waals surface area (Å²) in [7, 11) is 0. The lowest BCUT2D eigenvalue weighted by Gasteiger charge is -2.29. The Kier molecular flexibility index (Phi) is 3.00. The maximum atomic E-state index is 11.5. The Morgan fingerprint density at radius 3 is 2.95 bits per heavy atom. The highest BCUT2D eigenvalue weighted by Crippen LogP contribution is 2.48. The van der Waals surface area contributed by atoms with Crippen LogP contribution in [0.4, 0.5) is 0 Å². The summed E-state index contributed by atoms with van der Waals surface area (Å²) in [6.07, 6.45) is 5.38. The molecule has 110 valence electrons. The average molecular weight is 284 g/mol. The van der Waals surface area contributed by atoms with E-state index in [0.29, 0.717) is 11.8 Å². The van der Waals surface area contributed by atoms with Gasteiger partial charge in [0.25, 0.3) is 0 Å². The minimum atomic E-state index is -0.626. The summed E-state index contributed by atoms with van der Waals surface area (Å²) in [4.78, 5) is 14.8. The lowest BCUT2D eigenvalue weighted by molar-refractivity contribution is -0.144. The first kappa shape index (κ1) is 12.9. The van der Waals surface area contributed by atoms with Gasteiger partial charge in [-0.25, -0.2) is 0 Å². The highest BCUT2D eigenvalue weighted by molar-refractivity contribution is 5.83. The number of fused-ring (bicyclic) bond motifs is 3. The van der Waals surface area contributed by atoms with Crippen molar-refractivity contribution < 1.29 is 9.90 Å². The second-order valence-corrected chi connectivity index (χ2v) is 6.46. The van der Waals surface area contributed by atoms with Crippen molar-refractivity contribution in [2.45, 2.75) is 31.8 Å². The van der Waals surface area contributed by atoms with Crippen molar-refractivity contribution in [1.82, 2.24) is 10.3 Å². The highest BCUT2D eigenvalue weighted by atomic mass is 16.4. The summed E-state index contributed by atoms with van der Waals surface area (Å²) in [6.45, 7) is 0.738. The molecule has 21 heavy (non-hydrogen) atoms. The van der Waals surface area contributed by atoms with Gasteiger partial charge in [-0.2, -0.15) is 0 Å². The molecule has 0 radical (unpaired) electrons. The monoisotopic (exact) mass is 284 g/mol. The maximum absolute atomic E-state index is 11.5. The van der Waals surface area contributed by atoms with Crippen molar-refractivity contribution >= 4 is 16.9 Å². The number of carboxylic acid groups (broad SMARTS) is 1. The number of aliphatic carboxylic acids is 1. The number of H-pyrrole nitrogens is 1. The van der Waals surface area contributed by atoms with Crippen LogP contribution in [0.1, 0.15) is 24.8 Å². The highest BCUT2D eigenvalue weighted by Gasteiger charge is 2.50. The van der Waals surface area contributed by atoms with Crippen molar-refractivity contribution in [1.29, 1.82) is 0 Å². The Balaban J connectivity index is 1.52. The van der Waals surface area contributed by atoms with Crippen LogP contribution in [0, 0.1) is 17.8 Å². The Morgan fingerprint density at radius 1 is 1.29 bits per heavy atom. The molecular weight excluding hydrogens is 264 g/mol. The second kappa shape index (κ2) is 4.88. The predicted molar refractivity (Wildman–Crippen MR) is 80.9 cm³/mol. The summed E-state index contributed by atoms with van der Waals surface area (Å²) in [6, 6.07) is 8.37. The molecule has 4 unspecified atom stereocenters. The lowest BCUT2D eigenvalue weighted by Crippen LogP contribution is -2.43. The van der Waals surface area contributed by atoms with Crippen LogP contribution in [0.5, 0.6) is 0 Å². The van der Waals surface area contributed by atoms with Gasteiger partial charge in [0.15, 0.2) is 0 Å². The van der Waals surface area contributed by atoms with E-state index in [4.69, 9.17) is 0 Å². The summed E-state index contributed by atoms with van der Waals surface area (Å²) in [5, 5.41) is 14.2. The van der Waals surface area contributed by atoms with E-state index in [2.05, 4.69) is 22.4 Å². The third-order valence-electron chi connectivity index (χ3n) is 5.40. The average Bonchev–Trinajstić information content (AvgIpc) is 3.18. The molecule has 0 saturated heterocycles. The van der Waals surface area contributed by atoms with Crippen molar-refractivity contribution in [2.24, 2.45) is 17.8 Å². The number of aromatic nitrogens is 1. The van der Waals surface area contributed by atoms with Crippen molar-refractivity contribution in [3.05, 3.63) is 36.0 Å². The number of carboxylic acids is 1. The van der Waals surface area contributed by atoms with Crippen LogP contribution >= 0.6 is 0 Å². The third-order valence-corrected chi connectivity index (χ3v) is 5.40. The Bertz CT molecular complexity index is 678. The number of hydrogen-bond donors (Lipinski definition) is 3. The number of rotatable bonds is 4. The molecule has 2 aliphatic rings. The van der Waals surface area contributed by atoms with Crippen molar-refractivity contribution in [3.8, 4) is 0 Å². The van der Waals surface area contributed by atoms with E-state index in [9.17, 15) is 9.90 Å². The Morgan fingerprint density at radius 2 is 2.10 bits per heavy atom. The molecule has 0 spiro atoms. The number of benzene rings is 1. The van der Waals surface area contributed by atoms with E-state index in [-0.39, 0.29) is 12.0 Å². The van der Waals surface area contributed by atoms with E-state index in [1.165, 1.54) is 17.4 Å². The normalized spacial score (nSPS) is 31.0. The van der Waals surface area contributed by atoms with Crippen molar-refractivity contribution in [3.63, 3.8) is 0 Å². The summed E-state index contributed by atoms with van der Waals surface area (Å²) in [5.41, 5.74) is 2.36. The molecule has 2 fully saturated rings. The fourth-order valence-electron chi connectivity index (χ4n) is 4.45. The second-order valence-electron chi connectivity index (χ2n) is 6.46. The number of para-hydroxylation sites is 1. The van der Waals surface area contributed by atoms with E-state index >= 15 is 0 Å². The maximum Gasteiger partial charge on any atom is 0.308 e. The molecule has 0 amide bonds. The molecule has 4 nitrogen and oxygen atoms in total. The smallest absolute Gasteiger partial charge is 0.308 e. The van der Waals surface area contributed by atoms with Crippen LogP contribution in [0.25, 0.3) is 10.9 Å². The van der Waals surface area contributed by atoms with Crippen molar-refractivity contribution in [2.75, 3.05) is 0 Å². The largest absolute Gasteiger partial charge is 0.481 e. The number of aromatic amines is 1. The van der Waals surface area contributed by atoms with Gasteiger partial charge in [0.1, 0.15) is 0 Å². The molecule has 2 bridgehead atoms. The molecule has 2 aromatic rings. The van der Waals surface area contributed by atoms with E-state index < -0.39 is 5.97 Å². The third kappa shape index (κ3) is 2.05. The van der Waals surface area contributed by atoms with E-state index in [1.54, 1.807) is 0 Å². The summed E-state index contributed by atoms with van der Waals surface area (Å²) >= 11 is 0. The van der Waals surface area contributed by atoms with Crippen LogP contribution in [-0.4, -0.2) is 22.1 Å². The molecule has 4 rings (SSSR count). The van der Waals surface area contributed by atoms with Crippen LogP contribution in [0.2, 0.25) is 0 Å². The number of nitrogens with one attached hydrogen (secondary N) is 2. The molecule has 4 atom stereocenters. The van der Waals surface area contributed by atoms with Crippen LogP contribution in [0.15, 0.2) is 30.5 Å². The molecule has 1 aromatic carbocycles. The summed E-state index contributed by atoms with van der Waals surface area (Å²) < 4.78 is 0. The standard InChI is InChI=1S/C17H20N2O2/c20-17(21)15-10-5-6-11(7-10)16(15)19-9-12-8-18-14-4-2-1-3-13(12)14/h1-4,8,10-11,15-16,18-19H,5-7,9H2,(H,20,21). The fraction of sp³-hybridized carbons (Fsp3) is 0.471. The van der Waals surface area contributed by atoms with Gasteiger partial charge in [-0.1, -0.05) is 18.2 Å². The fourth-order valence-corrected chi connectivity index (χ4v) is 4.45. The number of carbonyl (C=O) groups is 1. The predicted octanol–water partition coefficient (Wildman–Crippen LogP) is 2.76. The quantitative estimate of drug-likeness (QED) is 0.809. The molecule has 1 heterocycles. The van der Waals surface area contributed by atoms with Gasteiger partial charge in [-0.3, -0.25) is 4.79 Å². The lowest BCUT2D eigenvalue weighted by atomic mass is 9.84. The van der Waals surface area contributed by atoms with Gasteiger partial charge in [-0.15, -0.1) is 0 Å². The first-order chi connectivity index (χ1) is 10.2. The van der Waals surface area contributed by atoms with E-state index in [1.807, 2.05) is 18.3 Å². The van der Waals surface area contributed by atoms with Crippen LogP contribution < -0.4 is 5.32 Å². The minimum absolute atomic E-state index is 0.134. The molecule has 0 aliphatic heterocycles. The topological polar surface area (TPSA) is 65.1 Å². The van der Waals surface area contributed by atoms with Crippen LogP contribution in [0.3, 0.4) is 0 Å². The summed E-state index contributed by atoms with van der Waals surface area (Å²) in [5.74, 6) is 0.0989. The van der Waals surface area contributed by atoms with Gasteiger partial charge in [0.2, 0.25) is 0 Å². The van der Waals surface area contributed by atoms with E-state index in [0.717, 1.165) is 24.9 Å². The SMILES string of the molecule is O=C(O)C1C2CCC(C2)C1NCc1c[nH]c2ccccc12. The van der Waals surface area contributed by atoms with Crippen LogP contribution in [-0.2, 0) is 11.3 Å². The molecule has 2 saturated carbocycles. The molecular formula is C17H20N2O2. The molecule has 3 N–H and O–H groups in total. The zero-order valence-corrected chi connectivity index (χ0v) is 11.9. The van der Waals surface area contributed by atoms with Gasteiger partial charge in [0, 0.05) is 29.7 Å².